The van der Waals surface area contributed by atoms with Crippen molar-refractivity contribution in [3.63, 3.8) is 0 Å². The molecule has 2 rings (SSSR count). The Balaban J connectivity index is 2.17. The molecule has 0 aliphatic carbocycles. The van der Waals surface area contributed by atoms with Gasteiger partial charge in [-0.1, -0.05) is 30.7 Å². The Morgan fingerprint density at radius 1 is 1.29 bits per heavy atom. The van der Waals surface area contributed by atoms with Crippen molar-refractivity contribution in [3.8, 4) is 0 Å². The summed E-state index contributed by atoms with van der Waals surface area (Å²) < 4.78 is 0. The number of nitrogens with zero attached hydrogens (tertiary/aromatic N) is 2. The number of nitrogens with one attached hydrogen (secondary N) is 1. The van der Waals surface area contributed by atoms with E-state index < -0.39 is 0 Å². The number of halogens is 1. The monoisotopic (exact) mass is 303 g/mol. The van der Waals surface area contributed by atoms with Crippen LogP contribution < -0.4 is 10.2 Å². The molecular formula is C17H22ClN3. The van der Waals surface area contributed by atoms with Crippen LogP contribution in [0.15, 0.2) is 42.7 Å². The summed E-state index contributed by atoms with van der Waals surface area (Å²) in [5, 5.41) is 4.13. The van der Waals surface area contributed by atoms with Gasteiger partial charge in [0.15, 0.2) is 0 Å². The Labute approximate surface area is 132 Å². The second kappa shape index (κ2) is 7.32. The zero-order chi connectivity index (χ0) is 15.2. The lowest BCUT2D eigenvalue weighted by Crippen LogP contribution is -2.21. The molecule has 1 heterocycles. The van der Waals surface area contributed by atoms with E-state index in [-0.39, 0.29) is 6.04 Å². The van der Waals surface area contributed by atoms with Crippen LogP contribution in [-0.4, -0.2) is 18.6 Å². The Bertz CT molecular complexity index is 586. The number of hydrogen-bond acceptors (Lipinski definition) is 3. The summed E-state index contributed by atoms with van der Waals surface area (Å²) in [6.07, 6.45) is 4.84. The molecule has 0 aliphatic rings. The zero-order valence-electron chi connectivity index (χ0n) is 12.8. The van der Waals surface area contributed by atoms with Crippen molar-refractivity contribution in [2.75, 3.05) is 23.8 Å². The van der Waals surface area contributed by atoms with Gasteiger partial charge in [0.05, 0.1) is 29.8 Å². The fourth-order valence-electron chi connectivity index (χ4n) is 2.20. The van der Waals surface area contributed by atoms with Gasteiger partial charge in [-0.05, 0) is 37.1 Å². The molecule has 0 bridgehead atoms. The predicted molar refractivity (Wildman–Crippen MR) is 91.3 cm³/mol. The van der Waals surface area contributed by atoms with Crippen LogP contribution in [0.25, 0.3) is 0 Å². The smallest absolute Gasteiger partial charge is 0.0575 e. The fourth-order valence-corrected chi connectivity index (χ4v) is 2.40. The molecule has 112 valence electrons. The summed E-state index contributed by atoms with van der Waals surface area (Å²) >= 11 is 6.08. The van der Waals surface area contributed by atoms with E-state index in [2.05, 4.69) is 48.2 Å². The first-order valence-electron chi connectivity index (χ1n) is 7.29. The van der Waals surface area contributed by atoms with Gasteiger partial charge in [-0.2, -0.15) is 0 Å². The van der Waals surface area contributed by atoms with Crippen molar-refractivity contribution in [1.82, 2.24) is 4.98 Å². The van der Waals surface area contributed by atoms with E-state index in [0.717, 1.165) is 29.4 Å². The van der Waals surface area contributed by atoms with Crippen molar-refractivity contribution >= 4 is 23.0 Å². The molecule has 1 aromatic heterocycles. The van der Waals surface area contributed by atoms with Gasteiger partial charge in [0.25, 0.3) is 0 Å². The summed E-state index contributed by atoms with van der Waals surface area (Å²) in [6, 6.07) is 10.3. The van der Waals surface area contributed by atoms with Crippen molar-refractivity contribution < 1.29 is 0 Å². The van der Waals surface area contributed by atoms with Gasteiger partial charge in [-0.15, -0.1) is 0 Å². The van der Waals surface area contributed by atoms with Crippen LogP contribution in [0.5, 0.6) is 0 Å². The molecule has 0 radical (unpaired) electrons. The van der Waals surface area contributed by atoms with Gasteiger partial charge in [-0.25, -0.2) is 0 Å². The number of rotatable bonds is 6. The topological polar surface area (TPSA) is 28.2 Å². The molecule has 0 amide bonds. The van der Waals surface area contributed by atoms with Crippen molar-refractivity contribution in [2.45, 2.75) is 26.3 Å². The lowest BCUT2D eigenvalue weighted by Gasteiger charge is -2.27. The molecule has 0 saturated carbocycles. The third-order valence-electron chi connectivity index (χ3n) is 3.62. The van der Waals surface area contributed by atoms with E-state index in [9.17, 15) is 0 Å². The molecule has 1 aromatic carbocycles. The highest BCUT2D eigenvalue weighted by molar-refractivity contribution is 6.30. The van der Waals surface area contributed by atoms with Crippen molar-refractivity contribution in [2.24, 2.45) is 0 Å². The van der Waals surface area contributed by atoms with Crippen LogP contribution in [0, 0.1) is 0 Å². The molecule has 0 spiro atoms. The van der Waals surface area contributed by atoms with Gasteiger partial charge in [0.1, 0.15) is 0 Å². The van der Waals surface area contributed by atoms with Gasteiger partial charge in [0.2, 0.25) is 0 Å². The highest BCUT2D eigenvalue weighted by Gasteiger charge is 2.13. The maximum absolute atomic E-state index is 6.08. The number of anilines is 2. The molecule has 1 unspecified atom stereocenters. The number of pyridine rings is 1. The Kier molecular flexibility index (Phi) is 5.45. The molecule has 21 heavy (non-hydrogen) atoms. The van der Waals surface area contributed by atoms with Crippen LogP contribution in [0.2, 0.25) is 5.02 Å². The SMILES string of the molecule is CCCNc1cncc(N(C)C(C)c2cccc(Cl)c2)c1. The molecule has 4 heteroatoms. The Morgan fingerprint density at radius 3 is 2.81 bits per heavy atom. The molecule has 1 atom stereocenters. The third kappa shape index (κ3) is 4.11. The van der Waals surface area contributed by atoms with E-state index in [1.165, 1.54) is 5.56 Å². The standard InChI is InChI=1S/C17H22ClN3/c1-4-8-20-16-10-17(12-19-11-16)21(3)13(2)14-6-5-7-15(18)9-14/h5-7,9-13,20H,4,8H2,1-3H3. The van der Waals surface area contributed by atoms with Gasteiger partial charge < -0.3 is 10.2 Å². The first-order chi connectivity index (χ1) is 10.1. The summed E-state index contributed by atoms with van der Waals surface area (Å²) in [5.74, 6) is 0. The lowest BCUT2D eigenvalue weighted by molar-refractivity contribution is 0.738. The second-order valence-corrected chi connectivity index (χ2v) is 5.64. The van der Waals surface area contributed by atoms with Crippen LogP contribution in [-0.2, 0) is 0 Å². The predicted octanol–water partition coefficient (Wildman–Crippen LogP) is 4.75. The highest BCUT2D eigenvalue weighted by Crippen LogP contribution is 2.27. The van der Waals surface area contributed by atoms with Crippen molar-refractivity contribution in [1.29, 1.82) is 0 Å². The van der Waals surface area contributed by atoms with E-state index in [0.29, 0.717) is 0 Å². The third-order valence-corrected chi connectivity index (χ3v) is 3.86. The average molecular weight is 304 g/mol. The fraction of sp³-hybridized carbons (Fsp3) is 0.353. The highest BCUT2D eigenvalue weighted by atomic mass is 35.5. The van der Waals surface area contributed by atoms with Crippen LogP contribution >= 0.6 is 11.6 Å². The summed E-state index contributed by atoms with van der Waals surface area (Å²) in [7, 11) is 2.08. The minimum absolute atomic E-state index is 0.229. The minimum atomic E-state index is 0.229. The maximum Gasteiger partial charge on any atom is 0.0575 e. The summed E-state index contributed by atoms with van der Waals surface area (Å²) in [6.45, 7) is 5.27. The number of aromatic nitrogens is 1. The second-order valence-electron chi connectivity index (χ2n) is 5.20. The Morgan fingerprint density at radius 2 is 2.10 bits per heavy atom. The molecule has 0 saturated heterocycles. The minimum Gasteiger partial charge on any atom is -0.384 e. The van der Waals surface area contributed by atoms with Crippen LogP contribution in [0.4, 0.5) is 11.4 Å². The average Bonchev–Trinajstić information content (AvgIpc) is 2.51. The number of benzene rings is 1. The summed E-state index contributed by atoms with van der Waals surface area (Å²) in [5.41, 5.74) is 3.33. The van der Waals surface area contributed by atoms with Gasteiger partial charge in [-0.3, -0.25) is 4.98 Å². The van der Waals surface area contributed by atoms with Gasteiger partial charge >= 0.3 is 0 Å². The normalized spacial score (nSPS) is 12.0. The molecular weight excluding hydrogens is 282 g/mol. The van der Waals surface area contributed by atoms with E-state index in [1.807, 2.05) is 30.6 Å². The zero-order valence-corrected chi connectivity index (χ0v) is 13.6. The molecule has 0 fully saturated rings. The molecule has 2 aromatic rings. The quantitative estimate of drug-likeness (QED) is 0.834. The molecule has 3 nitrogen and oxygen atoms in total. The van der Waals surface area contributed by atoms with E-state index in [1.54, 1.807) is 0 Å². The van der Waals surface area contributed by atoms with Crippen molar-refractivity contribution in [3.05, 3.63) is 53.3 Å². The summed E-state index contributed by atoms with van der Waals surface area (Å²) in [4.78, 5) is 6.53. The Hall–Kier alpha value is -1.74. The van der Waals surface area contributed by atoms with Gasteiger partial charge in [0, 0.05) is 18.6 Å². The maximum atomic E-state index is 6.08. The molecule has 1 N–H and O–H groups in total. The van der Waals surface area contributed by atoms with E-state index >= 15 is 0 Å². The van der Waals surface area contributed by atoms with Crippen LogP contribution in [0.3, 0.4) is 0 Å². The first-order valence-corrected chi connectivity index (χ1v) is 7.67. The van der Waals surface area contributed by atoms with E-state index in [4.69, 9.17) is 11.6 Å². The lowest BCUT2D eigenvalue weighted by atomic mass is 10.1. The first kappa shape index (κ1) is 15.6. The number of hydrogen-bond donors (Lipinski definition) is 1. The molecule has 0 aliphatic heterocycles. The van der Waals surface area contributed by atoms with Crippen LogP contribution in [0.1, 0.15) is 31.9 Å². The largest absolute Gasteiger partial charge is 0.384 e.